The number of nitrogens with zero attached hydrogens (tertiary/aromatic N) is 5. The fraction of sp³-hybridized carbons (Fsp3) is 0.476. The molecule has 2 aliphatic rings. The summed E-state index contributed by atoms with van der Waals surface area (Å²) in [4.78, 5) is 11.3. The molecule has 30 heavy (non-hydrogen) atoms. The molecule has 3 aromatic heterocycles. The van der Waals surface area contributed by atoms with Crippen molar-refractivity contribution < 1.29 is 0 Å². The van der Waals surface area contributed by atoms with Gasteiger partial charge >= 0.3 is 0 Å². The topological polar surface area (TPSA) is 58.4 Å². The smallest absolute Gasteiger partial charge is 0.154 e. The lowest BCUT2D eigenvalue weighted by molar-refractivity contribution is 0.161. The van der Waals surface area contributed by atoms with Gasteiger partial charge in [0.05, 0.1) is 11.4 Å². The maximum Gasteiger partial charge on any atom is 0.154 e. The quantitative estimate of drug-likeness (QED) is 0.602. The Balaban J connectivity index is 0.00000107. The summed E-state index contributed by atoms with van der Waals surface area (Å²) < 4.78 is 1.99. The Hall–Kier alpha value is -1.60. The van der Waals surface area contributed by atoms with E-state index in [0.717, 1.165) is 41.5 Å². The Kier molecular flexibility index (Phi) is 8.34. The van der Waals surface area contributed by atoms with E-state index in [4.69, 9.17) is 10.1 Å². The van der Waals surface area contributed by atoms with Gasteiger partial charge in [0.15, 0.2) is 5.65 Å². The van der Waals surface area contributed by atoms with Crippen LogP contribution in [0.1, 0.15) is 31.4 Å². The number of pyridine rings is 1. The van der Waals surface area contributed by atoms with Crippen LogP contribution in [0, 0.1) is 12.3 Å². The van der Waals surface area contributed by atoms with E-state index in [1.165, 1.54) is 38.8 Å². The highest BCUT2D eigenvalue weighted by Crippen LogP contribution is 2.38. The summed E-state index contributed by atoms with van der Waals surface area (Å²) in [6, 6.07) is 8.25. The van der Waals surface area contributed by atoms with Crippen molar-refractivity contribution in [3.63, 3.8) is 0 Å². The summed E-state index contributed by atoms with van der Waals surface area (Å²) in [5.74, 6) is 1.05. The summed E-state index contributed by atoms with van der Waals surface area (Å²) in [6.07, 6.45) is 8.82. The highest BCUT2D eigenvalue weighted by molar-refractivity contribution is 5.86. The second-order valence-electron chi connectivity index (χ2n) is 8.01. The monoisotopic (exact) mass is 470 g/mol. The summed E-state index contributed by atoms with van der Waals surface area (Å²) in [5, 5.41) is 8.57. The van der Waals surface area contributed by atoms with Gasteiger partial charge in [0.2, 0.25) is 0 Å². The molecule has 164 valence electrons. The van der Waals surface area contributed by atoms with Gasteiger partial charge in [-0.2, -0.15) is 0 Å². The maximum absolute atomic E-state index is 4.97. The van der Waals surface area contributed by atoms with Gasteiger partial charge in [-0.3, -0.25) is 4.98 Å². The van der Waals surface area contributed by atoms with Crippen LogP contribution in [0.2, 0.25) is 0 Å². The summed E-state index contributed by atoms with van der Waals surface area (Å²) in [6.45, 7) is 6.57. The molecule has 0 aromatic carbocycles. The van der Waals surface area contributed by atoms with Crippen LogP contribution in [0.4, 0.5) is 5.82 Å². The number of piperidine rings is 2. The van der Waals surface area contributed by atoms with E-state index in [1.54, 1.807) is 0 Å². The van der Waals surface area contributed by atoms with Crippen molar-refractivity contribution in [3.05, 3.63) is 42.4 Å². The lowest BCUT2D eigenvalue weighted by atomic mass is 9.73. The van der Waals surface area contributed by atoms with Crippen LogP contribution in [-0.2, 0) is 0 Å². The van der Waals surface area contributed by atoms with Crippen LogP contribution in [0.5, 0.6) is 0 Å². The molecule has 5 heterocycles. The van der Waals surface area contributed by atoms with E-state index in [0.29, 0.717) is 5.41 Å². The third-order valence-electron chi connectivity index (χ3n) is 6.30. The second-order valence-corrected chi connectivity index (χ2v) is 8.01. The number of hydrogen-bond acceptors (Lipinski definition) is 5. The van der Waals surface area contributed by atoms with E-state index in [1.807, 2.05) is 36.0 Å². The molecule has 0 atom stereocenters. The Morgan fingerprint density at radius 1 is 0.967 bits per heavy atom. The first-order valence-electron chi connectivity index (χ1n) is 9.97. The Morgan fingerprint density at radius 2 is 1.70 bits per heavy atom. The molecule has 5 rings (SSSR count). The number of rotatable bonds is 2. The minimum atomic E-state index is 0. The highest BCUT2D eigenvalue weighted by Gasteiger charge is 2.36. The fourth-order valence-corrected chi connectivity index (χ4v) is 4.71. The molecule has 0 unspecified atom stereocenters. The molecule has 0 saturated carbocycles. The van der Waals surface area contributed by atoms with E-state index in [9.17, 15) is 0 Å². The first-order chi connectivity index (χ1) is 13.2. The number of aromatic nitrogens is 4. The van der Waals surface area contributed by atoms with Crippen LogP contribution in [0.15, 0.2) is 36.7 Å². The van der Waals surface area contributed by atoms with Gasteiger partial charge in [0, 0.05) is 37.6 Å². The molecule has 6 nitrogen and oxygen atoms in total. The fourth-order valence-electron chi connectivity index (χ4n) is 4.71. The zero-order chi connectivity index (χ0) is 18.3. The third-order valence-corrected chi connectivity index (χ3v) is 6.30. The number of anilines is 1. The summed E-state index contributed by atoms with van der Waals surface area (Å²) in [7, 11) is 0. The van der Waals surface area contributed by atoms with Crippen LogP contribution in [-0.4, -0.2) is 45.8 Å². The molecule has 2 aliphatic heterocycles. The highest BCUT2D eigenvalue weighted by atomic mass is 35.5. The number of hydrogen-bond donors (Lipinski definition) is 1. The van der Waals surface area contributed by atoms with Gasteiger partial charge in [-0.25, -0.2) is 9.50 Å². The zero-order valence-electron chi connectivity index (χ0n) is 17.1. The first kappa shape index (κ1) is 24.7. The minimum absolute atomic E-state index is 0. The average Bonchev–Trinajstić information content (AvgIpc) is 3.05. The predicted molar refractivity (Wildman–Crippen MR) is 129 cm³/mol. The number of aryl methyl sites for hydroxylation is 1. The molecule has 0 aliphatic carbocycles. The molecule has 0 amide bonds. The van der Waals surface area contributed by atoms with E-state index >= 15 is 0 Å². The molecule has 1 spiro atoms. The Labute approximate surface area is 196 Å². The van der Waals surface area contributed by atoms with Gasteiger partial charge in [0.1, 0.15) is 5.82 Å². The maximum atomic E-state index is 4.97. The summed E-state index contributed by atoms with van der Waals surface area (Å²) >= 11 is 0. The van der Waals surface area contributed by atoms with Crippen LogP contribution in [0.3, 0.4) is 0 Å². The van der Waals surface area contributed by atoms with E-state index < -0.39 is 0 Å². The lowest BCUT2D eigenvalue weighted by Crippen LogP contribution is -2.48. The SMILES string of the molecule is Cc1nc2ccc(N3CCC4(CCCNC4)CC3)nn2c1-c1ccncc1.Cl.Cl.Cl. The van der Waals surface area contributed by atoms with Crippen LogP contribution < -0.4 is 10.2 Å². The van der Waals surface area contributed by atoms with Crippen molar-refractivity contribution in [2.75, 3.05) is 31.1 Å². The molecular weight excluding hydrogens is 443 g/mol. The van der Waals surface area contributed by atoms with Crippen molar-refractivity contribution >= 4 is 48.7 Å². The molecule has 0 radical (unpaired) electrons. The molecular formula is C21H29Cl3N6. The molecule has 9 heteroatoms. The number of imidazole rings is 1. The molecule has 0 bridgehead atoms. The number of nitrogens with one attached hydrogen (secondary N) is 1. The normalized spacial score (nSPS) is 17.7. The summed E-state index contributed by atoms with van der Waals surface area (Å²) in [5.41, 5.74) is 4.56. The van der Waals surface area contributed by atoms with Crippen molar-refractivity contribution in [2.24, 2.45) is 5.41 Å². The van der Waals surface area contributed by atoms with Gasteiger partial charge in [-0.05, 0) is 68.8 Å². The number of halogens is 3. The minimum Gasteiger partial charge on any atom is -0.355 e. The number of fused-ring (bicyclic) bond motifs is 1. The first-order valence-corrected chi connectivity index (χ1v) is 9.97. The van der Waals surface area contributed by atoms with Crippen LogP contribution in [0.25, 0.3) is 16.9 Å². The van der Waals surface area contributed by atoms with Gasteiger partial charge in [-0.15, -0.1) is 42.3 Å². The average molecular weight is 472 g/mol. The van der Waals surface area contributed by atoms with Crippen molar-refractivity contribution in [2.45, 2.75) is 32.6 Å². The molecule has 1 N–H and O–H groups in total. The van der Waals surface area contributed by atoms with Gasteiger partial charge in [-0.1, -0.05) is 0 Å². The van der Waals surface area contributed by atoms with Crippen LogP contribution >= 0.6 is 37.2 Å². The standard InChI is InChI=1S/C21H26N6.3ClH/c1-16-20(17-5-11-22-12-6-17)27-18(24-16)3-4-19(25-27)26-13-8-21(9-14-26)7-2-10-23-15-21;;;/h3-6,11-12,23H,2,7-10,13-15H2,1H3;3*1H. The Bertz CT molecular complexity index is 946. The van der Waals surface area contributed by atoms with E-state index in [2.05, 4.69) is 27.3 Å². The van der Waals surface area contributed by atoms with Crippen molar-refractivity contribution in [1.29, 1.82) is 0 Å². The molecule has 2 fully saturated rings. The zero-order valence-corrected chi connectivity index (χ0v) is 19.5. The second kappa shape index (κ2) is 10.1. The van der Waals surface area contributed by atoms with Crippen molar-refractivity contribution in [1.82, 2.24) is 24.9 Å². The largest absolute Gasteiger partial charge is 0.355 e. The van der Waals surface area contributed by atoms with E-state index in [-0.39, 0.29) is 37.2 Å². The van der Waals surface area contributed by atoms with Gasteiger partial charge < -0.3 is 10.2 Å². The third kappa shape index (κ3) is 4.52. The van der Waals surface area contributed by atoms with Gasteiger partial charge in [0.25, 0.3) is 0 Å². The predicted octanol–water partition coefficient (Wildman–Crippen LogP) is 4.34. The lowest BCUT2D eigenvalue weighted by Gasteiger charge is -2.44. The van der Waals surface area contributed by atoms with Crippen molar-refractivity contribution in [3.8, 4) is 11.3 Å². The molecule has 2 saturated heterocycles. The Morgan fingerprint density at radius 3 is 2.37 bits per heavy atom. The molecule has 3 aromatic rings.